The monoisotopic (exact) mass is 513 g/mol. The van der Waals surface area contributed by atoms with Gasteiger partial charge in [-0.1, -0.05) is 6.07 Å². The van der Waals surface area contributed by atoms with Crippen molar-refractivity contribution in [1.82, 2.24) is 14.7 Å². The molecular weight excluding hydrogens is 498 g/mol. The number of pyridine rings is 1. The van der Waals surface area contributed by atoms with Crippen LogP contribution in [0.3, 0.4) is 0 Å². The first-order chi connectivity index (χ1) is 15.2. The van der Waals surface area contributed by atoms with Gasteiger partial charge in [-0.25, -0.2) is 9.37 Å². The Morgan fingerprint density at radius 1 is 1.28 bits per heavy atom. The lowest BCUT2D eigenvalue weighted by molar-refractivity contribution is -0.141. The molecule has 0 spiro atoms. The first kappa shape index (κ1) is 22.4. The molecule has 6 nitrogen and oxygen atoms in total. The van der Waals surface area contributed by atoms with Crippen LogP contribution in [0, 0.1) is 5.82 Å². The smallest absolute Gasteiger partial charge is 0.379 e. The Morgan fingerprint density at radius 3 is 2.72 bits per heavy atom. The lowest BCUT2D eigenvalue weighted by atomic mass is 10.0. The van der Waals surface area contributed by atoms with E-state index in [0.29, 0.717) is 13.2 Å². The number of nitrogens with one attached hydrogen (secondary N) is 1. The lowest BCUT2D eigenvalue weighted by Gasteiger charge is -2.23. The van der Waals surface area contributed by atoms with Gasteiger partial charge in [0.25, 0.3) is 11.5 Å². The largest absolute Gasteiger partial charge is 0.434 e. The van der Waals surface area contributed by atoms with E-state index < -0.39 is 33.6 Å². The van der Waals surface area contributed by atoms with Crippen LogP contribution in [0.15, 0.2) is 45.8 Å². The van der Waals surface area contributed by atoms with Crippen LogP contribution in [0.25, 0.3) is 16.8 Å². The Balaban J connectivity index is 1.74. The van der Waals surface area contributed by atoms with E-state index in [1.807, 2.05) is 0 Å². The van der Waals surface area contributed by atoms with Crippen molar-refractivity contribution in [3.8, 4) is 11.1 Å². The summed E-state index contributed by atoms with van der Waals surface area (Å²) in [6.45, 7) is 0.961. The van der Waals surface area contributed by atoms with E-state index in [1.54, 1.807) is 0 Å². The Kier molecular flexibility index (Phi) is 6.04. The maximum atomic E-state index is 14.8. The van der Waals surface area contributed by atoms with Crippen LogP contribution in [0.2, 0.25) is 0 Å². The summed E-state index contributed by atoms with van der Waals surface area (Å²) in [5, 5.41) is 2.71. The van der Waals surface area contributed by atoms with Gasteiger partial charge in [-0.2, -0.15) is 13.2 Å². The average Bonchev–Trinajstić information content (AvgIpc) is 2.75. The predicted molar refractivity (Wildman–Crippen MR) is 111 cm³/mol. The second kappa shape index (κ2) is 8.62. The number of ether oxygens (including phenoxy) is 1. The number of carbonyl (C=O) groups excluding carboxylic acids is 1. The third-order valence-corrected chi connectivity index (χ3v) is 5.80. The number of hydrogen-bond acceptors (Lipinski definition) is 4. The molecule has 1 aliphatic heterocycles. The highest BCUT2D eigenvalue weighted by Crippen LogP contribution is 2.33. The number of rotatable bonds is 3. The number of halogens is 5. The van der Waals surface area contributed by atoms with Gasteiger partial charge in [0.15, 0.2) is 5.69 Å². The van der Waals surface area contributed by atoms with Gasteiger partial charge in [0.1, 0.15) is 15.9 Å². The molecule has 1 aliphatic rings. The van der Waals surface area contributed by atoms with Gasteiger partial charge in [-0.15, -0.1) is 0 Å². The van der Waals surface area contributed by atoms with E-state index in [1.165, 1.54) is 30.5 Å². The standard InChI is InChI=1S/C21H16BrF4N3O3/c22-16-17(21(24,25)26)28-18-13(4-1-7-29(18)20(16)31)11-5-6-14(15(23)9-11)19(30)27-12-3-2-8-32-10-12/h1,4-7,9,12H,2-3,8,10H2,(H,27,30)/t12-/m1/s1. The molecule has 0 unspecified atom stereocenters. The summed E-state index contributed by atoms with van der Waals surface area (Å²) in [5.41, 5.74) is -2.54. The molecule has 1 N–H and O–H groups in total. The van der Waals surface area contributed by atoms with Crippen LogP contribution in [0.4, 0.5) is 17.6 Å². The predicted octanol–water partition coefficient (Wildman–Crippen LogP) is 4.19. The summed E-state index contributed by atoms with van der Waals surface area (Å²) in [5.74, 6) is -1.46. The molecule has 0 saturated carbocycles. The van der Waals surface area contributed by atoms with E-state index >= 15 is 0 Å². The van der Waals surface area contributed by atoms with Crippen LogP contribution in [-0.4, -0.2) is 34.5 Å². The summed E-state index contributed by atoms with van der Waals surface area (Å²) < 4.78 is 60.3. The number of fused-ring (bicyclic) bond motifs is 1. The van der Waals surface area contributed by atoms with Gasteiger partial charge in [-0.05, 0) is 58.6 Å². The zero-order valence-electron chi connectivity index (χ0n) is 16.4. The topological polar surface area (TPSA) is 72.7 Å². The number of alkyl halides is 3. The van der Waals surface area contributed by atoms with Crippen LogP contribution >= 0.6 is 15.9 Å². The summed E-state index contributed by atoms with van der Waals surface area (Å²) in [6, 6.07) is 6.31. The van der Waals surface area contributed by atoms with Crippen molar-refractivity contribution in [2.45, 2.75) is 25.1 Å². The van der Waals surface area contributed by atoms with Crippen molar-refractivity contribution in [2.24, 2.45) is 0 Å². The maximum Gasteiger partial charge on any atom is 0.434 e. The zero-order chi connectivity index (χ0) is 23.0. The van der Waals surface area contributed by atoms with E-state index in [2.05, 4.69) is 26.2 Å². The highest BCUT2D eigenvalue weighted by atomic mass is 79.9. The molecule has 168 valence electrons. The Hall–Kier alpha value is -2.79. The molecule has 3 heterocycles. The molecule has 0 radical (unpaired) electrons. The number of carbonyl (C=O) groups is 1. The molecular formula is C21H16BrF4N3O3. The molecule has 4 rings (SSSR count). The van der Waals surface area contributed by atoms with Crippen LogP contribution in [0.5, 0.6) is 0 Å². The molecule has 1 saturated heterocycles. The fourth-order valence-electron chi connectivity index (χ4n) is 3.54. The molecule has 32 heavy (non-hydrogen) atoms. The van der Waals surface area contributed by atoms with Crippen molar-refractivity contribution < 1.29 is 27.1 Å². The second-order valence-electron chi connectivity index (χ2n) is 7.27. The quantitative estimate of drug-likeness (QED) is 0.533. The third-order valence-electron chi connectivity index (χ3n) is 5.09. The second-order valence-corrected chi connectivity index (χ2v) is 8.07. The average molecular weight is 514 g/mol. The molecule has 1 amide bonds. The van der Waals surface area contributed by atoms with Crippen molar-refractivity contribution in [2.75, 3.05) is 13.2 Å². The van der Waals surface area contributed by atoms with E-state index in [-0.39, 0.29) is 28.4 Å². The number of benzene rings is 1. The highest BCUT2D eigenvalue weighted by Gasteiger charge is 2.37. The minimum atomic E-state index is -4.87. The Bertz CT molecular complexity index is 1250. The minimum Gasteiger partial charge on any atom is -0.379 e. The van der Waals surface area contributed by atoms with Gasteiger partial charge in [0.05, 0.1) is 18.2 Å². The Labute approximate surface area is 187 Å². The first-order valence-corrected chi connectivity index (χ1v) is 10.4. The molecule has 1 fully saturated rings. The van der Waals surface area contributed by atoms with Crippen molar-refractivity contribution in [3.05, 3.63) is 68.4 Å². The SMILES string of the molecule is O=C(N[C@@H]1CCCOC1)c1ccc(-c2cccn3c(=O)c(Br)c(C(F)(F)F)nc23)cc1F. The number of nitrogens with zero attached hydrogens (tertiary/aromatic N) is 2. The first-order valence-electron chi connectivity index (χ1n) is 9.63. The van der Waals surface area contributed by atoms with E-state index in [0.717, 1.165) is 23.3 Å². The van der Waals surface area contributed by atoms with Crippen molar-refractivity contribution in [1.29, 1.82) is 0 Å². The van der Waals surface area contributed by atoms with E-state index in [9.17, 15) is 27.2 Å². The van der Waals surface area contributed by atoms with Crippen LogP contribution in [-0.2, 0) is 10.9 Å². The minimum absolute atomic E-state index is 0.106. The Morgan fingerprint density at radius 2 is 2.06 bits per heavy atom. The summed E-state index contributed by atoms with van der Waals surface area (Å²) in [6.07, 6.45) is -2.09. The summed E-state index contributed by atoms with van der Waals surface area (Å²) in [4.78, 5) is 28.5. The fourth-order valence-corrected chi connectivity index (χ4v) is 4.04. The van der Waals surface area contributed by atoms with Crippen molar-refractivity contribution >= 4 is 27.5 Å². The molecule has 0 bridgehead atoms. The van der Waals surface area contributed by atoms with Gasteiger partial charge >= 0.3 is 6.18 Å². The van der Waals surface area contributed by atoms with Crippen LogP contribution in [0.1, 0.15) is 28.9 Å². The van der Waals surface area contributed by atoms with Crippen LogP contribution < -0.4 is 10.9 Å². The van der Waals surface area contributed by atoms with Gasteiger partial charge in [0.2, 0.25) is 0 Å². The maximum absolute atomic E-state index is 14.8. The molecule has 1 aromatic carbocycles. The summed E-state index contributed by atoms with van der Waals surface area (Å²) >= 11 is 2.67. The van der Waals surface area contributed by atoms with Gasteiger partial charge in [0, 0.05) is 18.4 Å². The number of hydrogen-bond donors (Lipinski definition) is 1. The number of aromatic nitrogens is 2. The zero-order valence-corrected chi connectivity index (χ0v) is 18.0. The van der Waals surface area contributed by atoms with Gasteiger partial charge in [-0.3, -0.25) is 14.0 Å². The van der Waals surface area contributed by atoms with Crippen molar-refractivity contribution in [3.63, 3.8) is 0 Å². The third kappa shape index (κ3) is 4.26. The molecule has 1 atom stereocenters. The molecule has 3 aromatic rings. The molecule has 0 aliphatic carbocycles. The fraction of sp³-hybridized carbons (Fsp3) is 0.286. The highest BCUT2D eigenvalue weighted by molar-refractivity contribution is 9.10. The normalized spacial score (nSPS) is 16.8. The molecule has 2 aromatic heterocycles. The van der Waals surface area contributed by atoms with Gasteiger partial charge < -0.3 is 10.1 Å². The summed E-state index contributed by atoms with van der Waals surface area (Å²) in [7, 11) is 0. The molecule has 11 heteroatoms. The van der Waals surface area contributed by atoms with E-state index in [4.69, 9.17) is 4.74 Å². The lowest BCUT2D eigenvalue weighted by Crippen LogP contribution is -2.40. The number of amides is 1.